The summed E-state index contributed by atoms with van der Waals surface area (Å²) < 4.78 is 0. The molecule has 1 rings (SSSR count). The standard InChI is InChI=1S/C10H16O2/c1-3-10(4-2)7-5-6-8(11)9(10)12/h3-7H2,1-2H3. The van der Waals surface area contributed by atoms with Crippen LogP contribution in [0, 0.1) is 5.41 Å². The summed E-state index contributed by atoms with van der Waals surface area (Å²) >= 11 is 0. The van der Waals surface area contributed by atoms with Crippen molar-refractivity contribution in [2.45, 2.75) is 46.0 Å². The average Bonchev–Trinajstić information content (AvgIpc) is 2.11. The number of Topliss-reactive ketones (excluding diaryl/α,β-unsaturated/α-hetero) is 2. The van der Waals surface area contributed by atoms with Gasteiger partial charge in [0.05, 0.1) is 0 Å². The molecule has 12 heavy (non-hydrogen) atoms. The number of carbonyl (C=O) groups excluding carboxylic acids is 2. The quantitative estimate of drug-likeness (QED) is 0.592. The van der Waals surface area contributed by atoms with E-state index in [1.54, 1.807) is 0 Å². The van der Waals surface area contributed by atoms with Gasteiger partial charge in [-0.2, -0.15) is 0 Å². The zero-order chi connectivity index (χ0) is 9.19. The van der Waals surface area contributed by atoms with Crippen molar-refractivity contribution >= 4 is 11.6 Å². The third-order valence-electron chi connectivity index (χ3n) is 3.15. The molecular formula is C10H16O2. The van der Waals surface area contributed by atoms with Crippen LogP contribution in [0.15, 0.2) is 0 Å². The Balaban J connectivity index is 2.86. The fraction of sp³-hybridized carbons (Fsp3) is 0.800. The zero-order valence-electron chi connectivity index (χ0n) is 7.85. The van der Waals surface area contributed by atoms with Crippen LogP contribution in [-0.4, -0.2) is 11.6 Å². The summed E-state index contributed by atoms with van der Waals surface area (Å²) in [5.74, 6) is -0.260. The van der Waals surface area contributed by atoms with Gasteiger partial charge in [0.1, 0.15) is 0 Å². The third kappa shape index (κ3) is 1.30. The normalized spacial score (nSPS) is 22.8. The molecule has 1 aliphatic rings. The highest BCUT2D eigenvalue weighted by molar-refractivity contribution is 6.39. The Kier molecular flexibility index (Phi) is 2.65. The van der Waals surface area contributed by atoms with Crippen LogP contribution in [0.2, 0.25) is 0 Å². The second kappa shape index (κ2) is 3.38. The van der Waals surface area contributed by atoms with E-state index in [1.165, 1.54) is 0 Å². The Hall–Kier alpha value is -0.660. The van der Waals surface area contributed by atoms with Gasteiger partial charge in [-0.05, 0) is 25.7 Å². The van der Waals surface area contributed by atoms with E-state index in [0.29, 0.717) is 6.42 Å². The number of carbonyl (C=O) groups is 2. The van der Waals surface area contributed by atoms with Gasteiger partial charge in [0.2, 0.25) is 5.78 Å². The molecule has 0 N–H and O–H groups in total. The number of rotatable bonds is 2. The van der Waals surface area contributed by atoms with Gasteiger partial charge in [-0.1, -0.05) is 13.8 Å². The lowest BCUT2D eigenvalue weighted by molar-refractivity contribution is -0.146. The van der Waals surface area contributed by atoms with E-state index in [0.717, 1.165) is 25.7 Å². The molecule has 0 aromatic heterocycles. The van der Waals surface area contributed by atoms with Crippen molar-refractivity contribution in [1.82, 2.24) is 0 Å². The van der Waals surface area contributed by atoms with E-state index in [2.05, 4.69) is 0 Å². The van der Waals surface area contributed by atoms with Crippen LogP contribution in [0.5, 0.6) is 0 Å². The topological polar surface area (TPSA) is 34.1 Å². The molecule has 2 heteroatoms. The maximum absolute atomic E-state index is 11.6. The molecule has 0 bridgehead atoms. The Morgan fingerprint density at radius 3 is 2.25 bits per heavy atom. The van der Waals surface area contributed by atoms with Gasteiger partial charge in [0.15, 0.2) is 5.78 Å². The molecular weight excluding hydrogens is 152 g/mol. The van der Waals surface area contributed by atoms with E-state index < -0.39 is 0 Å². The molecule has 2 nitrogen and oxygen atoms in total. The SMILES string of the molecule is CCC1(CC)CCCC(=O)C1=O. The molecule has 0 saturated heterocycles. The molecule has 1 saturated carbocycles. The molecule has 0 spiro atoms. The van der Waals surface area contributed by atoms with E-state index in [9.17, 15) is 9.59 Å². The van der Waals surface area contributed by atoms with Crippen molar-refractivity contribution in [3.05, 3.63) is 0 Å². The predicted octanol–water partition coefficient (Wildman–Crippen LogP) is 2.11. The summed E-state index contributed by atoms with van der Waals surface area (Å²) in [6, 6.07) is 0. The van der Waals surface area contributed by atoms with Gasteiger partial charge in [0.25, 0.3) is 0 Å². The molecule has 68 valence electrons. The third-order valence-corrected chi connectivity index (χ3v) is 3.15. The molecule has 0 amide bonds. The minimum Gasteiger partial charge on any atom is -0.291 e. The number of ketones is 2. The summed E-state index contributed by atoms with van der Waals surface area (Å²) in [6.07, 6.45) is 3.90. The highest BCUT2D eigenvalue weighted by Gasteiger charge is 2.41. The number of hydrogen-bond donors (Lipinski definition) is 0. The smallest absolute Gasteiger partial charge is 0.204 e. The molecule has 1 aliphatic carbocycles. The van der Waals surface area contributed by atoms with Crippen molar-refractivity contribution in [2.75, 3.05) is 0 Å². The van der Waals surface area contributed by atoms with Gasteiger partial charge in [-0.3, -0.25) is 9.59 Å². The Labute approximate surface area is 73.3 Å². The summed E-state index contributed by atoms with van der Waals surface area (Å²) in [5.41, 5.74) is -0.296. The van der Waals surface area contributed by atoms with Gasteiger partial charge in [-0.15, -0.1) is 0 Å². The van der Waals surface area contributed by atoms with Crippen molar-refractivity contribution in [3.63, 3.8) is 0 Å². The number of hydrogen-bond acceptors (Lipinski definition) is 2. The Morgan fingerprint density at radius 2 is 1.83 bits per heavy atom. The summed E-state index contributed by atoms with van der Waals surface area (Å²) in [6.45, 7) is 4.00. The highest BCUT2D eigenvalue weighted by atomic mass is 16.2. The maximum Gasteiger partial charge on any atom is 0.204 e. The summed E-state index contributed by atoms with van der Waals surface area (Å²) in [5, 5.41) is 0. The van der Waals surface area contributed by atoms with Crippen LogP contribution in [-0.2, 0) is 9.59 Å². The van der Waals surface area contributed by atoms with Crippen molar-refractivity contribution in [2.24, 2.45) is 5.41 Å². The second-order valence-corrected chi connectivity index (χ2v) is 3.59. The molecule has 1 fully saturated rings. The Morgan fingerprint density at radius 1 is 1.25 bits per heavy atom. The lowest BCUT2D eigenvalue weighted by Crippen LogP contribution is -2.39. The summed E-state index contributed by atoms with van der Waals surface area (Å²) in [4.78, 5) is 22.7. The maximum atomic E-state index is 11.6. The zero-order valence-corrected chi connectivity index (χ0v) is 7.85. The molecule has 0 radical (unpaired) electrons. The van der Waals surface area contributed by atoms with Crippen LogP contribution in [0.3, 0.4) is 0 Å². The van der Waals surface area contributed by atoms with E-state index >= 15 is 0 Å². The van der Waals surface area contributed by atoms with E-state index in [1.807, 2.05) is 13.8 Å². The fourth-order valence-corrected chi connectivity index (χ4v) is 2.03. The monoisotopic (exact) mass is 168 g/mol. The van der Waals surface area contributed by atoms with Crippen molar-refractivity contribution in [1.29, 1.82) is 0 Å². The van der Waals surface area contributed by atoms with Crippen LogP contribution in [0.25, 0.3) is 0 Å². The van der Waals surface area contributed by atoms with E-state index in [-0.39, 0.29) is 17.0 Å². The first-order valence-corrected chi connectivity index (χ1v) is 4.74. The van der Waals surface area contributed by atoms with Gasteiger partial charge >= 0.3 is 0 Å². The lowest BCUT2D eigenvalue weighted by Gasteiger charge is -2.32. The average molecular weight is 168 g/mol. The Bertz CT molecular complexity index is 202. The van der Waals surface area contributed by atoms with Crippen molar-refractivity contribution in [3.8, 4) is 0 Å². The predicted molar refractivity (Wildman–Crippen MR) is 46.9 cm³/mol. The molecule has 0 unspecified atom stereocenters. The minimum atomic E-state index is -0.296. The lowest BCUT2D eigenvalue weighted by atomic mass is 9.69. The molecule has 0 aromatic carbocycles. The first-order chi connectivity index (χ1) is 5.66. The van der Waals surface area contributed by atoms with Gasteiger partial charge < -0.3 is 0 Å². The minimum absolute atomic E-state index is 0.112. The first-order valence-electron chi connectivity index (χ1n) is 4.74. The van der Waals surface area contributed by atoms with Crippen LogP contribution >= 0.6 is 0 Å². The van der Waals surface area contributed by atoms with Gasteiger partial charge in [-0.25, -0.2) is 0 Å². The highest BCUT2D eigenvalue weighted by Crippen LogP contribution is 2.37. The molecule has 0 heterocycles. The van der Waals surface area contributed by atoms with Crippen LogP contribution in [0.1, 0.15) is 46.0 Å². The molecule has 0 aromatic rings. The molecule has 0 atom stereocenters. The fourth-order valence-electron chi connectivity index (χ4n) is 2.03. The first kappa shape index (κ1) is 9.43. The summed E-state index contributed by atoms with van der Waals surface area (Å²) in [7, 11) is 0. The van der Waals surface area contributed by atoms with Crippen LogP contribution < -0.4 is 0 Å². The van der Waals surface area contributed by atoms with Crippen LogP contribution in [0.4, 0.5) is 0 Å². The second-order valence-electron chi connectivity index (χ2n) is 3.59. The van der Waals surface area contributed by atoms with Crippen molar-refractivity contribution < 1.29 is 9.59 Å². The largest absolute Gasteiger partial charge is 0.291 e. The van der Waals surface area contributed by atoms with E-state index in [4.69, 9.17) is 0 Å². The molecule has 0 aliphatic heterocycles. The van der Waals surface area contributed by atoms with Gasteiger partial charge in [0, 0.05) is 11.8 Å².